The standard InChI is InChI=1S/C25H28O4/c1-18(13-14-19-9-5-3-6-10-19)22-23(27-2)21(15-16-25(22)17-28-25)29-24(26)20-11-7-4-8-12-20/h3-13,21-23H,14-17H2,1-2H3/t21-,22+,23-,25+/m1/s1. The Kier molecular flexibility index (Phi) is 5.84. The zero-order chi connectivity index (χ0) is 20.3. The third-order valence-corrected chi connectivity index (χ3v) is 6.16. The Morgan fingerprint density at radius 2 is 1.79 bits per heavy atom. The number of carbonyl (C=O) groups is 1. The van der Waals surface area contributed by atoms with Gasteiger partial charge in [0.25, 0.3) is 0 Å². The number of benzene rings is 2. The topological polar surface area (TPSA) is 48.1 Å². The van der Waals surface area contributed by atoms with Crippen LogP contribution in [0.4, 0.5) is 0 Å². The van der Waals surface area contributed by atoms with E-state index in [0.29, 0.717) is 5.56 Å². The molecule has 0 unspecified atom stereocenters. The second kappa shape index (κ2) is 8.52. The van der Waals surface area contributed by atoms with E-state index in [9.17, 15) is 4.79 Å². The molecule has 1 saturated heterocycles. The Morgan fingerprint density at radius 3 is 2.41 bits per heavy atom. The second-order valence-electron chi connectivity index (χ2n) is 8.02. The number of hydrogen-bond acceptors (Lipinski definition) is 4. The third-order valence-electron chi connectivity index (χ3n) is 6.16. The van der Waals surface area contributed by atoms with Gasteiger partial charge in [0, 0.05) is 13.0 Å². The van der Waals surface area contributed by atoms with Gasteiger partial charge in [0.15, 0.2) is 0 Å². The van der Waals surface area contributed by atoms with Crippen LogP contribution in [-0.4, -0.2) is 37.5 Å². The van der Waals surface area contributed by atoms with Crippen molar-refractivity contribution >= 4 is 5.97 Å². The zero-order valence-corrected chi connectivity index (χ0v) is 17.0. The lowest BCUT2D eigenvalue weighted by Gasteiger charge is -2.41. The number of esters is 1. The van der Waals surface area contributed by atoms with Gasteiger partial charge in [0.2, 0.25) is 0 Å². The number of hydrogen-bond donors (Lipinski definition) is 0. The molecule has 152 valence electrons. The largest absolute Gasteiger partial charge is 0.456 e. The molecule has 2 aliphatic rings. The van der Waals surface area contributed by atoms with Crippen LogP contribution < -0.4 is 0 Å². The molecule has 4 heteroatoms. The summed E-state index contributed by atoms with van der Waals surface area (Å²) in [5, 5.41) is 0. The molecule has 0 aromatic heterocycles. The highest BCUT2D eigenvalue weighted by atomic mass is 16.6. The molecule has 2 aromatic rings. The fourth-order valence-electron chi connectivity index (χ4n) is 4.52. The van der Waals surface area contributed by atoms with E-state index < -0.39 is 0 Å². The minimum atomic E-state index is -0.296. The van der Waals surface area contributed by atoms with Crippen LogP contribution in [-0.2, 0) is 20.6 Å². The summed E-state index contributed by atoms with van der Waals surface area (Å²) in [6.45, 7) is 2.89. The smallest absolute Gasteiger partial charge is 0.338 e. The maximum atomic E-state index is 12.6. The molecule has 4 rings (SSSR count). The van der Waals surface area contributed by atoms with Gasteiger partial charge in [0.05, 0.1) is 12.2 Å². The molecule has 4 atom stereocenters. The summed E-state index contributed by atoms with van der Waals surface area (Å²) < 4.78 is 17.7. The molecule has 29 heavy (non-hydrogen) atoms. The molecule has 4 nitrogen and oxygen atoms in total. The number of rotatable bonds is 6. The molecule has 1 saturated carbocycles. The third kappa shape index (κ3) is 4.29. The first-order valence-corrected chi connectivity index (χ1v) is 10.3. The lowest BCUT2D eigenvalue weighted by molar-refractivity contribution is -0.0934. The number of carbonyl (C=O) groups excluding carboxylic acids is 1. The van der Waals surface area contributed by atoms with Crippen molar-refractivity contribution in [3.63, 3.8) is 0 Å². The van der Waals surface area contributed by atoms with Crippen molar-refractivity contribution in [1.82, 2.24) is 0 Å². The minimum Gasteiger partial charge on any atom is -0.456 e. The summed E-state index contributed by atoms with van der Waals surface area (Å²) in [5.41, 5.74) is 2.90. The van der Waals surface area contributed by atoms with Gasteiger partial charge in [-0.05, 0) is 43.9 Å². The van der Waals surface area contributed by atoms with Crippen LogP contribution in [0.2, 0.25) is 0 Å². The summed E-state index contributed by atoms with van der Waals surface area (Å²) in [7, 11) is 1.70. The summed E-state index contributed by atoms with van der Waals surface area (Å²) in [5.74, 6) is -0.214. The number of ether oxygens (including phenoxy) is 3. The SMILES string of the molecule is CO[C@@H]1[C@H](OC(=O)c2ccccc2)CC[C@]2(CO2)[C@H]1C(C)=CCc1ccccc1. The molecule has 2 aromatic carbocycles. The Bertz CT molecular complexity index is 855. The predicted octanol–water partition coefficient (Wildman–Crippen LogP) is 4.60. The zero-order valence-electron chi connectivity index (χ0n) is 17.0. The minimum absolute atomic E-state index is 0.0820. The van der Waals surface area contributed by atoms with E-state index >= 15 is 0 Å². The fraction of sp³-hybridized carbons (Fsp3) is 0.400. The molecular weight excluding hydrogens is 364 g/mol. The van der Waals surface area contributed by atoms with Gasteiger partial charge >= 0.3 is 5.97 Å². The average molecular weight is 392 g/mol. The monoisotopic (exact) mass is 392 g/mol. The molecule has 0 bridgehead atoms. The van der Waals surface area contributed by atoms with Gasteiger partial charge in [-0.1, -0.05) is 60.2 Å². The maximum absolute atomic E-state index is 12.6. The van der Waals surface area contributed by atoms with Gasteiger partial charge < -0.3 is 14.2 Å². The average Bonchev–Trinajstić information content (AvgIpc) is 3.54. The van der Waals surface area contributed by atoms with Gasteiger partial charge in [-0.15, -0.1) is 0 Å². The van der Waals surface area contributed by atoms with Crippen molar-refractivity contribution in [2.24, 2.45) is 5.92 Å². The molecule has 2 fully saturated rings. The molecule has 0 amide bonds. The quantitative estimate of drug-likeness (QED) is 0.410. The molecule has 0 N–H and O–H groups in total. The van der Waals surface area contributed by atoms with Gasteiger partial charge in [-0.2, -0.15) is 0 Å². The number of methoxy groups -OCH3 is 1. The number of allylic oxidation sites excluding steroid dienone is 1. The summed E-state index contributed by atoms with van der Waals surface area (Å²) in [4.78, 5) is 12.6. The maximum Gasteiger partial charge on any atom is 0.338 e. The Labute approximate surface area is 172 Å². The lowest BCUT2D eigenvalue weighted by atomic mass is 9.72. The highest BCUT2D eigenvalue weighted by Gasteiger charge is 2.59. The van der Waals surface area contributed by atoms with Crippen LogP contribution in [0, 0.1) is 5.92 Å². The Morgan fingerprint density at radius 1 is 1.14 bits per heavy atom. The van der Waals surface area contributed by atoms with Crippen molar-refractivity contribution in [3.05, 3.63) is 83.4 Å². The van der Waals surface area contributed by atoms with Gasteiger partial charge in [-0.3, -0.25) is 0 Å². The van der Waals surface area contributed by atoms with Crippen molar-refractivity contribution < 1.29 is 19.0 Å². The normalized spacial score (nSPS) is 28.9. The number of epoxide rings is 1. The van der Waals surface area contributed by atoms with Crippen molar-refractivity contribution in [2.45, 2.75) is 44.0 Å². The molecular formula is C25H28O4. The van der Waals surface area contributed by atoms with Crippen LogP contribution in [0.15, 0.2) is 72.3 Å². The second-order valence-corrected chi connectivity index (χ2v) is 8.02. The highest BCUT2D eigenvalue weighted by Crippen LogP contribution is 2.50. The Balaban J connectivity index is 1.52. The molecule has 1 heterocycles. The lowest BCUT2D eigenvalue weighted by Crippen LogP contribution is -2.50. The van der Waals surface area contributed by atoms with E-state index in [2.05, 4.69) is 37.3 Å². The first-order chi connectivity index (χ1) is 14.1. The molecule has 1 aliphatic heterocycles. The van der Waals surface area contributed by atoms with Crippen molar-refractivity contribution in [1.29, 1.82) is 0 Å². The van der Waals surface area contributed by atoms with Crippen LogP contribution in [0.5, 0.6) is 0 Å². The highest BCUT2D eigenvalue weighted by molar-refractivity contribution is 5.89. The van der Waals surface area contributed by atoms with E-state index in [0.717, 1.165) is 25.9 Å². The van der Waals surface area contributed by atoms with E-state index in [1.54, 1.807) is 19.2 Å². The van der Waals surface area contributed by atoms with Crippen LogP contribution in [0.25, 0.3) is 0 Å². The first kappa shape index (κ1) is 19.9. The van der Waals surface area contributed by atoms with Crippen LogP contribution in [0.3, 0.4) is 0 Å². The first-order valence-electron chi connectivity index (χ1n) is 10.3. The van der Waals surface area contributed by atoms with Crippen LogP contribution >= 0.6 is 0 Å². The van der Waals surface area contributed by atoms with Gasteiger partial charge in [-0.25, -0.2) is 4.79 Å². The van der Waals surface area contributed by atoms with Gasteiger partial charge in [0.1, 0.15) is 17.8 Å². The fourth-order valence-corrected chi connectivity index (χ4v) is 4.52. The molecule has 1 aliphatic carbocycles. The summed E-state index contributed by atoms with van der Waals surface area (Å²) in [6.07, 6.45) is 4.25. The van der Waals surface area contributed by atoms with Crippen molar-refractivity contribution in [2.75, 3.05) is 13.7 Å². The Hall–Kier alpha value is -2.43. The van der Waals surface area contributed by atoms with E-state index in [1.165, 1.54) is 11.1 Å². The van der Waals surface area contributed by atoms with E-state index in [-0.39, 0.29) is 29.7 Å². The van der Waals surface area contributed by atoms with E-state index in [1.807, 2.05) is 24.3 Å². The summed E-state index contributed by atoms with van der Waals surface area (Å²) >= 11 is 0. The van der Waals surface area contributed by atoms with E-state index in [4.69, 9.17) is 14.2 Å². The molecule has 1 spiro atoms. The van der Waals surface area contributed by atoms with Crippen molar-refractivity contribution in [3.8, 4) is 0 Å². The summed E-state index contributed by atoms with van der Waals surface area (Å²) in [6, 6.07) is 19.5. The predicted molar refractivity (Wildman–Crippen MR) is 112 cm³/mol. The molecule has 0 radical (unpaired) electrons. The van der Waals surface area contributed by atoms with Crippen LogP contribution in [0.1, 0.15) is 35.7 Å².